The molecular formula is C13H20N2. The molecule has 2 rings (SSSR count). The molecule has 0 amide bonds. The summed E-state index contributed by atoms with van der Waals surface area (Å²) in [7, 11) is 6.38. The summed E-state index contributed by atoms with van der Waals surface area (Å²) < 4.78 is 0. The van der Waals surface area contributed by atoms with Gasteiger partial charge in [-0.25, -0.2) is 0 Å². The van der Waals surface area contributed by atoms with Gasteiger partial charge in [0.15, 0.2) is 0 Å². The van der Waals surface area contributed by atoms with Gasteiger partial charge in [0, 0.05) is 25.8 Å². The minimum absolute atomic E-state index is 0.640. The maximum Gasteiger partial charge on any atom is 0.0361 e. The number of anilines is 1. The normalized spacial score (nSPS) is 21.9. The van der Waals surface area contributed by atoms with Crippen molar-refractivity contribution in [3.05, 3.63) is 29.8 Å². The van der Waals surface area contributed by atoms with Gasteiger partial charge in [-0.2, -0.15) is 0 Å². The zero-order chi connectivity index (χ0) is 10.8. The highest BCUT2D eigenvalue weighted by atomic mass is 15.1. The second-order valence-electron chi connectivity index (χ2n) is 4.62. The largest absolute Gasteiger partial charge is 0.378 e. The van der Waals surface area contributed by atoms with Gasteiger partial charge in [0.05, 0.1) is 0 Å². The molecule has 0 spiro atoms. The van der Waals surface area contributed by atoms with Crippen LogP contribution in [0.1, 0.15) is 24.4 Å². The Morgan fingerprint density at radius 3 is 2.33 bits per heavy atom. The number of benzene rings is 1. The topological polar surface area (TPSA) is 6.48 Å². The summed E-state index contributed by atoms with van der Waals surface area (Å²) in [6.45, 7) is 1.24. The number of nitrogens with zero attached hydrogens (tertiary/aromatic N) is 2. The molecule has 0 saturated carbocycles. The van der Waals surface area contributed by atoms with Gasteiger partial charge in [-0.05, 0) is 44.1 Å². The quantitative estimate of drug-likeness (QED) is 0.730. The summed E-state index contributed by atoms with van der Waals surface area (Å²) in [5.74, 6) is 0. The van der Waals surface area contributed by atoms with Crippen LogP contribution >= 0.6 is 0 Å². The third kappa shape index (κ3) is 2.15. The second-order valence-corrected chi connectivity index (χ2v) is 4.62. The van der Waals surface area contributed by atoms with Gasteiger partial charge >= 0.3 is 0 Å². The molecule has 1 saturated heterocycles. The number of likely N-dealkylation sites (tertiary alicyclic amines) is 1. The van der Waals surface area contributed by atoms with Crippen LogP contribution in [0, 0.1) is 0 Å². The first-order chi connectivity index (χ1) is 7.18. The van der Waals surface area contributed by atoms with E-state index in [9.17, 15) is 0 Å². The van der Waals surface area contributed by atoms with Crippen LogP contribution in [0.25, 0.3) is 0 Å². The lowest BCUT2D eigenvalue weighted by Crippen LogP contribution is -2.17. The fourth-order valence-corrected chi connectivity index (χ4v) is 2.33. The van der Waals surface area contributed by atoms with E-state index in [1.165, 1.54) is 30.6 Å². The van der Waals surface area contributed by atoms with Gasteiger partial charge in [0.2, 0.25) is 0 Å². The van der Waals surface area contributed by atoms with Crippen LogP contribution in [-0.4, -0.2) is 32.6 Å². The fourth-order valence-electron chi connectivity index (χ4n) is 2.33. The van der Waals surface area contributed by atoms with E-state index in [1.54, 1.807) is 0 Å². The minimum atomic E-state index is 0.640. The van der Waals surface area contributed by atoms with Crippen molar-refractivity contribution < 1.29 is 0 Å². The summed E-state index contributed by atoms with van der Waals surface area (Å²) >= 11 is 0. The lowest BCUT2D eigenvalue weighted by atomic mass is 10.0. The SMILES string of the molecule is CN(C)c1ccc(C2CCCN2C)cc1. The molecule has 0 radical (unpaired) electrons. The Bertz CT molecular complexity index is 316. The summed E-state index contributed by atoms with van der Waals surface area (Å²) in [5, 5.41) is 0. The van der Waals surface area contributed by atoms with E-state index in [-0.39, 0.29) is 0 Å². The number of hydrogen-bond donors (Lipinski definition) is 0. The summed E-state index contributed by atoms with van der Waals surface area (Å²) in [4.78, 5) is 4.59. The Hall–Kier alpha value is -1.02. The average molecular weight is 204 g/mol. The average Bonchev–Trinajstić information content (AvgIpc) is 2.65. The van der Waals surface area contributed by atoms with Gasteiger partial charge in [0.25, 0.3) is 0 Å². The van der Waals surface area contributed by atoms with Crippen molar-refractivity contribution in [1.29, 1.82) is 0 Å². The summed E-state index contributed by atoms with van der Waals surface area (Å²) in [6, 6.07) is 9.59. The Kier molecular flexibility index (Phi) is 2.96. The third-order valence-corrected chi connectivity index (χ3v) is 3.31. The molecule has 2 nitrogen and oxygen atoms in total. The van der Waals surface area contributed by atoms with Crippen LogP contribution < -0.4 is 4.90 Å². The molecule has 2 heteroatoms. The monoisotopic (exact) mass is 204 g/mol. The molecule has 0 aromatic heterocycles. The number of hydrogen-bond acceptors (Lipinski definition) is 2. The molecule has 1 aliphatic heterocycles. The van der Waals surface area contributed by atoms with Crippen LogP contribution in [-0.2, 0) is 0 Å². The highest BCUT2D eigenvalue weighted by Crippen LogP contribution is 2.30. The maximum absolute atomic E-state index is 2.45. The predicted molar refractivity (Wildman–Crippen MR) is 65.4 cm³/mol. The molecule has 1 atom stereocenters. The highest BCUT2D eigenvalue weighted by molar-refractivity contribution is 5.46. The molecule has 1 unspecified atom stereocenters. The van der Waals surface area contributed by atoms with Crippen LogP contribution in [0.4, 0.5) is 5.69 Å². The van der Waals surface area contributed by atoms with Gasteiger partial charge in [-0.1, -0.05) is 12.1 Å². The Labute approximate surface area is 92.5 Å². The maximum atomic E-state index is 2.45. The highest BCUT2D eigenvalue weighted by Gasteiger charge is 2.22. The Balaban J connectivity index is 2.16. The van der Waals surface area contributed by atoms with Gasteiger partial charge in [0.1, 0.15) is 0 Å². The van der Waals surface area contributed by atoms with E-state index in [0.717, 1.165) is 0 Å². The standard InChI is InChI=1S/C13H20N2/c1-14(2)12-8-6-11(7-9-12)13-5-4-10-15(13)3/h6-9,13H,4-5,10H2,1-3H3. The fraction of sp³-hybridized carbons (Fsp3) is 0.538. The molecule has 1 aromatic rings. The summed E-state index contributed by atoms with van der Waals surface area (Å²) in [6.07, 6.45) is 2.63. The number of rotatable bonds is 2. The van der Waals surface area contributed by atoms with Crippen molar-refractivity contribution in [2.45, 2.75) is 18.9 Å². The lowest BCUT2D eigenvalue weighted by Gasteiger charge is -2.21. The molecule has 0 aliphatic carbocycles. The van der Waals surface area contributed by atoms with E-state index in [0.29, 0.717) is 6.04 Å². The van der Waals surface area contributed by atoms with E-state index in [1.807, 2.05) is 0 Å². The van der Waals surface area contributed by atoms with Crippen LogP contribution in [0.2, 0.25) is 0 Å². The van der Waals surface area contributed by atoms with Gasteiger partial charge in [-0.3, -0.25) is 4.90 Å². The molecule has 1 aliphatic rings. The Morgan fingerprint density at radius 1 is 1.20 bits per heavy atom. The third-order valence-electron chi connectivity index (χ3n) is 3.31. The van der Waals surface area contributed by atoms with Crippen LogP contribution in [0.15, 0.2) is 24.3 Å². The van der Waals surface area contributed by atoms with Gasteiger partial charge in [-0.15, -0.1) is 0 Å². The van der Waals surface area contributed by atoms with Crippen LogP contribution in [0.5, 0.6) is 0 Å². The second kappa shape index (κ2) is 4.23. The molecule has 1 heterocycles. The van der Waals surface area contributed by atoms with E-state index in [2.05, 4.69) is 55.2 Å². The lowest BCUT2D eigenvalue weighted by molar-refractivity contribution is 0.317. The molecule has 1 fully saturated rings. The van der Waals surface area contributed by atoms with Crippen molar-refractivity contribution in [2.75, 3.05) is 32.6 Å². The van der Waals surface area contributed by atoms with E-state index in [4.69, 9.17) is 0 Å². The van der Waals surface area contributed by atoms with Crippen molar-refractivity contribution in [1.82, 2.24) is 4.90 Å². The molecule has 15 heavy (non-hydrogen) atoms. The van der Waals surface area contributed by atoms with E-state index < -0.39 is 0 Å². The molecule has 0 N–H and O–H groups in total. The van der Waals surface area contributed by atoms with Crippen molar-refractivity contribution in [2.24, 2.45) is 0 Å². The van der Waals surface area contributed by atoms with Crippen molar-refractivity contribution >= 4 is 5.69 Å². The molecular weight excluding hydrogens is 184 g/mol. The first kappa shape index (κ1) is 10.5. The molecule has 0 bridgehead atoms. The summed E-state index contributed by atoms with van der Waals surface area (Å²) in [5.41, 5.74) is 2.74. The minimum Gasteiger partial charge on any atom is -0.378 e. The van der Waals surface area contributed by atoms with Gasteiger partial charge < -0.3 is 4.90 Å². The van der Waals surface area contributed by atoms with Crippen molar-refractivity contribution in [3.63, 3.8) is 0 Å². The van der Waals surface area contributed by atoms with Crippen molar-refractivity contribution in [3.8, 4) is 0 Å². The first-order valence-electron chi connectivity index (χ1n) is 5.66. The zero-order valence-electron chi connectivity index (χ0n) is 9.90. The Morgan fingerprint density at radius 2 is 1.87 bits per heavy atom. The molecule has 1 aromatic carbocycles. The first-order valence-corrected chi connectivity index (χ1v) is 5.66. The zero-order valence-corrected chi connectivity index (χ0v) is 9.90. The van der Waals surface area contributed by atoms with E-state index >= 15 is 0 Å². The molecule has 82 valence electrons. The van der Waals surface area contributed by atoms with Crippen LogP contribution in [0.3, 0.4) is 0 Å². The predicted octanol–water partition coefficient (Wildman–Crippen LogP) is 2.52. The smallest absolute Gasteiger partial charge is 0.0361 e.